The van der Waals surface area contributed by atoms with Gasteiger partial charge in [-0.15, -0.1) is 0 Å². The van der Waals surface area contributed by atoms with Gasteiger partial charge >= 0.3 is 17.9 Å². The van der Waals surface area contributed by atoms with Gasteiger partial charge in [0.2, 0.25) is 17.8 Å². The number of aliphatic hydroxyl groups is 2. The monoisotopic (exact) mass is 1360 g/mol. The first-order valence-corrected chi connectivity index (χ1v) is 32.9. The maximum atomic E-state index is 12.8. The minimum atomic E-state index is -1.03. The van der Waals surface area contributed by atoms with E-state index >= 15 is 0 Å². The molecule has 2 unspecified atom stereocenters. The molecule has 13 rings (SSSR count). The highest BCUT2D eigenvalue weighted by atomic mass is 16.6. The summed E-state index contributed by atoms with van der Waals surface area (Å²) in [4.78, 5) is 91.5. The van der Waals surface area contributed by atoms with Crippen molar-refractivity contribution in [1.29, 1.82) is 0 Å². The van der Waals surface area contributed by atoms with Gasteiger partial charge in [-0.1, -0.05) is 133 Å². The lowest BCUT2D eigenvalue weighted by Gasteiger charge is -2.37. The molecule has 100 heavy (non-hydrogen) atoms. The Labute approximate surface area is 574 Å². The van der Waals surface area contributed by atoms with Gasteiger partial charge in [0.15, 0.2) is 22.3 Å². The minimum Gasteiger partial charge on any atom is -0.497 e. The van der Waals surface area contributed by atoms with Crippen LogP contribution in [0.5, 0.6) is 11.5 Å². The van der Waals surface area contributed by atoms with Gasteiger partial charge in [-0.3, -0.25) is 53.2 Å². The lowest BCUT2D eigenvalue weighted by molar-refractivity contribution is -0.158. The zero-order valence-electron chi connectivity index (χ0n) is 55.2. The topological polar surface area (TPSA) is 359 Å². The van der Waals surface area contributed by atoms with Crippen LogP contribution >= 0.6 is 0 Å². The van der Waals surface area contributed by atoms with Crippen molar-refractivity contribution in [3.05, 3.63) is 236 Å². The second-order valence-electron chi connectivity index (χ2n) is 24.2. The molecule has 10 aromatic rings. The van der Waals surface area contributed by atoms with E-state index in [4.69, 9.17) is 39.3 Å². The first kappa shape index (κ1) is 70.6. The van der Waals surface area contributed by atoms with E-state index in [0.717, 1.165) is 69.5 Å². The van der Waals surface area contributed by atoms with Gasteiger partial charge in [-0.05, 0) is 120 Å². The number of hydrogen-bond donors (Lipinski definition) is 7. The Morgan fingerprint density at radius 3 is 1.40 bits per heavy atom. The van der Waals surface area contributed by atoms with Gasteiger partial charge in [0.1, 0.15) is 35.2 Å². The molecular formula is C74H78N10O16. The van der Waals surface area contributed by atoms with Crippen LogP contribution < -0.4 is 31.6 Å². The summed E-state index contributed by atoms with van der Waals surface area (Å²) in [7, 11) is 3.26. The number of aromatic nitrogens is 8. The van der Waals surface area contributed by atoms with Crippen LogP contribution in [0.15, 0.2) is 180 Å². The molecule has 7 heterocycles. The lowest BCUT2D eigenvalue weighted by Crippen LogP contribution is -2.35. The number of imidazole rings is 2. The number of nitrogen functional groups attached to an aromatic ring is 1. The number of unbranched alkanes of at least 4 members (excludes halogenated alkanes) is 1. The van der Waals surface area contributed by atoms with E-state index in [1.165, 1.54) is 6.33 Å². The Morgan fingerprint density at radius 2 is 0.970 bits per heavy atom. The number of nitrogens with zero attached hydrogens (tertiary/aromatic N) is 6. The molecule has 6 aromatic carbocycles. The molecule has 0 radical (unpaired) electrons. The first-order chi connectivity index (χ1) is 48.6. The van der Waals surface area contributed by atoms with Crippen LogP contribution in [0, 0.1) is 0 Å². The van der Waals surface area contributed by atoms with Crippen LogP contribution in [0.25, 0.3) is 22.3 Å². The summed E-state index contributed by atoms with van der Waals surface area (Å²) in [6.07, 6.45) is 7.55. The van der Waals surface area contributed by atoms with Crippen LogP contribution in [0.1, 0.15) is 134 Å². The number of rotatable bonds is 24. The van der Waals surface area contributed by atoms with Crippen molar-refractivity contribution < 1.29 is 67.7 Å². The number of amides is 1. The third-order valence-electron chi connectivity index (χ3n) is 17.6. The Morgan fingerprint density at radius 1 is 0.560 bits per heavy atom. The van der Waals surface area contributed by atoms with Crippen molar-refractivity contribution in [2.24, 2.45) is 0 Å². The second kappa shape index (κ2) is 32.7. The van der Waals surface area contributed by atoms with Crippen molar-refractivity contribution >= 4 is 58.0 Å². The molecule has 3 fully saturated rings. The summed E-state index contributed by atoms with van der Waals surface area (Å²) < 4.78 is 45.5. The fourth-order valence-electron chi connectivity index (χ4n) is 12.5. The third kappa shape index (κ3) is 16.4. The average molecular weight is 1360 g/mol. The Kier molecular flexibility index (Phi) is 23.1. The van der Waals surface area contributed by atoms with Crippen molar-refractivity contribution in [1.82, 2.24) is 39.0 Å². The van der Waals surface area contributed by atoms with Gasteiger partial charge in [-0.25, -0.2) is 9.97 Å². The number of hydrogen-bond acceptors (Lipinski definition) is 20. The number of carbonyl (C=O) groups excluding carboxylic acids is 3. The summed E-state index contributed by atoms with van der Waals surface area (Å²) in [5.74, 6) is -0.593. The number of cyclic esters (lactones) is 2. The maximum absolute atomic E-state index is 12.8. The van der Waals surface area contributed by atoms with E-state index in [1.54, 1.807) is 29.7 Å². The zero-order valence-corrected chi connectivity index (χ0v) is 55.2. The van der Waals surface area contributed by atoms with E-state index in [1.807, 2.05) is 158 Å². The predicted molar refractivity (Wildman–Crippen MR) is 367 cm³/mol. The number of ether oxygens (including phenoxy) is 7. The number of aliphatic carboxylic acids is 1. The number of carboxylic acid groups (broad SMARTS) is 1. The summed E-state index contributed by atoms with van der Waals surface area (Å²) in [5.41, 5.74) is 11.0. The maximum Gasteiger partial charge on any atom is 0.313 e. The molecule has 26 nitrogen and oxygen atoms in total. The number of H-pyrrole nitrogens is 2. The number of nitrogens with two attached hydrogens (primary N) is 1. The number of methoxy groups -OCH3 is 2. The van der Waals surface area contributed by atoms with Gasteiger partial charge in [0.25, 0.3) is 11.1 Å². The van der Waals surface area contributed by atoms with Crippen LogP contribution in [0.2, 0.25) is 0 Å². The van der Waals surface area contributed by atoms with Crippen LogP contribution in [-0.2, 0) is 67.3 Å². The number of benzene rings is 6. The lowest BCUT2D eigenvalue weighted by atomic mass is 9.79. The number of aromatic amines is 2. The molecule has 0 spiro atoms. The number of carboxylic acids is 1. The fraction of sp³-hybridized carbons (Fsp3) is 0.324. The second-order valence-corrected chi connectivity index (χ2v) is 24.2. The number of carbonyl (C=O) groups is 4. The molecule has 520 valence electrons. The quantitative estimate of drug-likeness (QED) is 0.0128. The molecule has 8 N–H and O–H groups in total. The molecule has 3 aliphatic rings. The highest BCUT2D eigenvalue weighted by Gasteiger charge is 2.42. The predicted octanol–water partition coefficient (Wildman–Crippen LogP) is 9.41. The largest absolute Gasteiger partial charge is 0.497 e. The summed E-state index contributed by atoms with van der Waals surface area (Å²) in [6, 6.07) is 51.1. The number of fused-ring (bicyclic) bond motifs is 2. The Bertz CT molecular complexity index is 4420. The molecule has 0 saturated carbocycles. The number of aliphatic hydroxyl groups excluding tert-OH is 2. The molecule has 1 amide bonds. The molecule has 6 atom stereocenters. The number of anilines is 2. The minimum absolute atomic E-state index is 0.0205. The van der Waals surface area contributed by atoms with E-state index in [-0.39, 0.29) is 103 Å². The normalized spacial score (nSPS) is 17.9. The Balaban J connectivity index is 0.000000181. The molecule has 3 aliphatic heterocycles. The summed E-state index contributed by atoms with van der Waals surface area (Å²) in [6.45, 7) is 0.394. The highest BCUT2D eigenvalue weighted by molar-refractivity contribution is 5.89. The van der Waals surface area contributed by atoms with E-state index in [2.05, 4.69) is 40.0 Å². The molecule has 0 bridgehead atoms. The fourth-order valence-corrected chi connectivity index (χ4v) is 12.5. The molecule has 0 aliphatic carbocycles. The summed E-state index contributed by atoms with van der Waals surface area (Å²) >= 11 is 0. The van der Waals surface area contributed by atoms with Gasteiger partial charge in [0.05, 0.1) is 65.5 Å². The van der Waals surface area contributed by atoms with Crippen LogP contribution in [0.4, 0.5) is 11.9 Å². The smallest absolute Gasteiger partial charge is 0.313 e. The molecular weight excluding hydrogens is 1280 g/mol. The van der Waals surface area contributed by atoms with Crippen molar-refractivity contribution in [2.75, 3.05) is 38.5 Å². The van der Waals surface area contributed by atoms with Gasteiger partial charge < -0.3 is 54.2 Å². The van der Waals surface area contributed by atoms with E-state index in [9.17, 15) is 39.0 Å². The highest BCUT2D eigenvalue weighted by Crippen LogP contribution is 2.45. The average Bonchev–Trinajstić information content (AvgIpc) is 1.05. The van der Waals surface area contributed by atoms with Crippen LogP contribution in [-0.4, -0.2) is 118 Å². The standard InChI is InChI=1S/C37H39N5O8.C31H31N5O5.C6H8O3/c1-48-28-17-15-27(16-18-28)37(25-7-3-2-4-8-25,26-13-11-24(21-43)12-14-26)49-22-29-19-20-31(50-29)42-23-38-33-34(42)40-36(41-35(33)47)39-30(44)9-5-6-10-32(45)46;1-39-24-13-11-23(12-14-24)31(21-5-3-2-4-6-21,22-9-7-20(17-37)8-10-22)40-18-25-15-16-26(41-25)36-19-33-27-28(36)34-30(32)35-29(27)38;7-5-3-1-2-4-6(8)9-5/h2-4,7-8,11-18,23,29,31,43H,5-6,9-10,19-22H2,1H3,(H,45,46)(H2,39,40,41,44,47);2-14,19,25-26,37H,15-18H2,1H3,(H3,32,34,35,38);1-4H2/t29-,31+,37?;25-,26+,31?;/m00./s1. The van der Waals surface area contributed by atoms with Gasteiger partial charge in [0, 0.05) is 25.7 Å². The molecule has 26 heteroatoms. The van der Waals surface area contributed by atoms with Crippen molar-refractivity contribution in [3.8, 4) is 11.5 Å². The van der Waals surface area contributed by atoms with Crippen LogP contribution in [0.3, 0.4) is 0 Å². The molecule has 4 aromatic heterocycles. The van der Waals surface area contributed by atoms with E-state index < -0.39 is 29.0 Å². The first-order valence-electron chi connectivity index (χ1n) is 32.9. The SMILES string of the molecule is COc1ccc(C(OC[C@@H]2CC[C@H](n3cnc4c(=O)[nH]c(N)nc43)O2)(c2ccccc2)c2ccc(CO)cc2)cc1.COc1ccc(C(OC[C@@H]2CC[C@H](n3cnc4c(=O)[nH]c(NC(=O)CCCCC(=O)O)nc43)O2)(c2ccccc2)c2ccc(CO)cc2)cc1.O=C1CCCCC(=O)O1. The van der Waals surface area contributed by atoms with Gasteiger partial charge in [-0.2, -0.15) is 9.97 Å². The number of esters is 2. The Hall–Kier alpha value is -10.7. The zero-order chi connectivity index (χ0) is 70.2. The third-order valence-corrected chi connectivity index (χ3v) is 17.6. The van der Waals surface area contributed by atoms with E-state index in [0.29, 0.717) is 62.9 Å². The van der Waals surface area contributed by atoms with Crippen molar-refractivity contribution in [2.45, 2.75) is 126 Å². The van der Waals surface area contributed by atoms with Crippen molar-refractivity contribution in [3.63, 3.8) is 0 Å². The molecule has 3 saturated heterocycles. The summed E-state index contributed by atoms with van der Waals surface area (Å²) in [5, 5.41) is 30.8. The number of nitrogens with one attached hydrogen (secondary N) is 3.